The van der Waals surface area contributed by atoms with Crippen LogP contribution < -0.4 is 0 Å². The van der Waals surface area contributed by atoms with Gasteiger partial charge in [0.2, 0.25) is 0 Å². The SMILES string of the molecule is Cc1cc([C]2[CH][CH][CH][CH]2)cc([C]2[CH][CH][CH][CH]2)n1. The predicted octanol–water partition coefficient (Wildman–Crippen LogP) is 2.90. The lowest BCUT2D eigenvalue weighted by molar-refractivity contribution is 1.06. The average Bonchev–Trinajstić information content (AvgIpc) is 3.02. The summed E-state index contributed by atoms with van der Waals surface area (Å²) in [6.45, 7) is 2.04. The van der Waals surface area contributed by atoms with E-state index in [1.165, 1.54) is 17.4 Å². The highest BCUT2D eigenvalue weighted by molar-refractivity contribution is 5.54. The van der Waals surface area contributed by atoms with Gasteiger partial charge in [0.05, 0.1) is 0 Å². The molecule has 0 unspecified atom stereocenters. The second-order valence-electron chi connectivity index (χ2n) is 4.23. The maximum absolute atomic E-state index is 4.59. The minimum absolute atomic E-state index is 1.05. The summed E-state index contributed by atoms with van der Waals surface area (Å²) >= 11 is 0. The van der Waals surface area contributed by atoms with E-state index in [9.17, 15) is 0 Å². The van der Waals surface area contributed by atoms with Gasteiger partial charge in [-0.1, -0.05) is 0 Å². The summed E-state index contributed by atoms with van der Waals surface area (Å²) in [7, 11) is 0. The molecule has 10 radical (unpaired) electrons. The van der Waals surface area contributed by atoms with E-state index in [1.54, 1.807) is 0 Å². The summed E-state index contributed by atoms with van der Waals surface area (Å²) in [5.41, 5.74) is 3.34. The molecule has 1 heterocycles. The quantitative estimate of drug-likeness (QED) is 0.745. The Labute approximate surface area is 105 Å². The molecule has 1 heteroatoms. The highest BCUT2D eigenvalue weighted by Gasteiger charge is 2.24. The first kappa shape index (κ1) is 11.3. The zero-order valence-electron chi connectivity index (χ0n) is 9.72. The van der Waals surface area contributed by atoms with E-state index in [0.29, 0.717) is 0 Å². The van der Waals surface area contributed by atoms with Crippen LogP contribution in [0.3, 0.4) is 0 Å². The fraction of sp³-hybridized carbons (Fsp3) is 0.0625. The van der Waals surface area contributed by atoms with Crippen LogP contribution in [0.2, 0.25) is 0 Å². The maximum Gasteiger partial charge on any atom is 0.0487 e. The topological polar surface area (TPSA) is 12.9 Å². The van der Waals surface area contributed by atoms with Gasteiger partial charge in [0, 0.05) is 23.2 Å². The molecule has 0 atom stereocenters. The smallest absolute Gasteiger partial charge is 0.0487 e. The largest absolute Gasteiger partial charge is 0.258 e. The third kappa shape index (κ3) is 2.38. The number of pyridine rings is 1. The third-order valence-electron chi connectivity index (χ3n) is 2.91. The van der Waals surface area contributed by atoms with Gasteiger partial charge in [-0.05, 0) is 76.0 Å². The number of aromatic nitrogens is 1. The van der Waals surface area contributed by atoms with Crippen molar-refractivity contribution in [3.63, 3.8) is 0 Å². The van der Waals surface area contributed by atoms with Gasteiger partial charge in [0.25, 0.3) is 0 Å². The Morgan fingerprint density at radius 2 is 1.35 bits per heavy atom. The zero-order chi connectivity index (χ0) is 11.7. The summed E-state index contributed by atoms with van der Waals surface area (Å²) in [6.07, 6.45) is 16.7. The Morgan fingerprint density at radius 1 is 0.765 bits per heavy atom. The molecule has 0 amide bonds. The van der Waals surface area contributed by atoms with Crippen molar-refractivity contribution in [2.24, 2.45) is 0 Å². The van der Waals surface area contributed by atoms with Crippen LogP contribution in [-0.4, -0.2) is 4.98 Å². The molecular weight excluding hydrogens is 206 g/mol. The van der Waals surface area contributed by atoms with Gasteiger partial charge in [-0.2, -0.15) is 0 Å². The van der Waals surface area contributed by atoms with Crippen molar-refractivity contribution in [2.75, 3.05) is 0 Å². The number of rotatable bonds is 2. The molecule has 17 heavy (non-hydrogen) atoms. The van der Waals surface area contributed by atoms with Crippen molar-refractivity contribution in [3.8, 4) is 0 Å². The molecule has 2 fully saturated rings. The zero-order valence-corrected chi connectivity index (χ0v) is 9.72. The number of hydrogen-bond acceptors (Lipinski definition) is 1. The molecular formula is C16H13N. The highest BCUT2D eigenvalue weighted by Crippen LogP contribution is 2.34. The van der Waals surface area contributed by atoms with Gasteiger partial charge in [-0.25, -0.2) is 0 Å². The molecule has 2 saturated carbocycles. The fourth-order valence-corrected chi connectivity index (χ4v) is 2.09. The summed E-state index contributed by atoms with van der Waals surface area (Å²) in [5, 5.41) is 0. The molecule has 3 rings (SSSR count). The summed E-state index contributed by atoms with van der Waals surface area (Å²) < 4.78 is 0. The van der Waals surface area contributed by atoms with E-state index < -0.39 is 0 Å². The van der Waals surface area contributed by atoms with E-state index in [-0.39, 0.29) is 0 Å². The van der Waals surface area contributed by atoms with Crippen molar-refractivity contribution in [1.29, 1.82) is 0 Å². The fourth-order valence-electron chi connectivity index (χ4n) is 2.09. The lowest BCUT2D eigenvalue weighted by Gasteiger charge is -2.14. The molecule has 2 aliphatic rings. The van der Waals surface area contributed by atoms with E-state index in [1.807, 2.05) is 19.8 Å². The van der Waals surface area contributed by atoms with Crippen LogP contribution in [0.1, 0.15) is 17.0 Å². The van der Waals surface area contributed by atoms with Crippen LogP contribution in [0.25, 0.3) is 0 Å². The molecule has 1 aromatic heterocycles. The molecule has 0 aromatic carbocycles. The maximum atomic E-state index is 4.59. The van der Waals surface area contributed by atoms with E-state index in [2.05, 4.69) is 55.6 Å². The second kappa shape index (κ2) is 4.80. The van der Waals surface area contributed by atoms with Crippen LogP contribution in [0.4, 0.5) is 0 Å². The second-order valence-corrected chi connectivity index (χ2v) is 4.23. The highest BCUT2D eigenvalue weighted by atomic mass is 14.7. The standard InChI is InChI=1S/C16H13N/c1-12-10-15(13-6-2-3-7-13)11-16(17-12)14-8-4-5-9-14/h2-11H,1H3. The van der Waals surface area contributed by atoms with Crippen molar-refractivity contribution in [1.82, 2.24) is 4.98 Å². The van der Waals surface area contributed by atoms with Gasteiger partial charge in [0.1, 0.15) is 0 Å². The van der Waals surface area contributed by atoms with Gasteiger partial charge in [0.15, 0.2) is 0 Å². The van der Waals surface area contributed by atoms with Gasteiger partial charge in [-0.15, -0.1) is 0 Å². The van der Waals surface area contributed by atoms with Crippen molar-refractivity contribution < 1.29 is 0 Å². The molecule has 0 aliphatic heterocycles. The normalized spacial score (nSPS) is 22.4. The van der Waals surface area contributed by atoms with Gasteiger partial charge in [-0.3, -0.25) is 4.98 Å². The number of nitrogens with zero attached hydrogens (tertiary/aromatic N) is 1. The van der Waals surface area contributed by atoms with Crippen LogP contribution in [0.5, 0.6) is 0 Å². The summed E-state index contributed by atoms with van der Waals surface area (Å²) in [5.74, 6) is 2.44. The first-order valence-electron chi connectivity index (χ1n) is 5.76. The third-order valence-corrected chi connectivity index (χ3v) is 2.91. The monoisotopic (exact) mass is 219 g/mol. The molecule has 1 nitrogen and oxygen atoms in total. The first-order valence-corrected chi connectivity index (χ1v) is 5.76. The predicted molar refractivity (Wildman–Crippen MR) is 68.1 cm³/mol. The molecule has 0 spiro atoms. The number of aryl methyl sites for hydroxylation is 1. The van der Waals surface area contributed by atoms with Crippen LogP contribution in [0, 0.1) is 70.1 Å². The van der Waals surface area contributed by atoms with Gasteiger partial charge >= 0.3 is 0 Å². The Balaban J connectivity index is 1.88. The van der Waals surface area contributed by atoms with Crippen LogP contribution in [0.15, 0.2) is 12.1 Å². The minimum Gasteiger partial charge on any atom is -0.258 e. The number of hydrogen-bond donors (Lipinski definition) is 0. The summed E-state index contributed by atoms with van der Waals surface area (Å²) in [6, 6.07) is 4.28. The Hall–Kier alpha value is -0.850. The van der Waals surface area contributed by atoms with Crippen molar-refractivity contribution in [2.45, 2.75) is 6.92 Å². The van der Waals surface area contributed by atoms with E-state index in [4.69, 9.17) is 0 Å². The van der Waals surface area contributed by atoms with E-state index in [0.717, 1.165) is 11.4 Å². The molecule has 0 N–H and O–H groups in total. The Morgan fingerprint density at radius 3 is 2.00 bits per heavy atom. The van der Waals surface area contributed by atoms with Crippen LogP contribution in [-0.2, 0) is 0 Å². The van der Waals surface area contributed by atoms with Crippen molar-refractivity contribution in [3.05, 3.63) is 92.3 Å². The Kier molecular flexibility index (Phi) is 3.17. The Bertz CT molecular complexity index is 350. The van der Waals surface area contributed by atoms with Crippen LogP contribution >= 0.6 is 0 Å². The summed E-state index contributed by atoms with van der Waals surface area (Å²) in [4.78, 5) is 4.59. The molecule has 0 saturated heterocycles. The minimum atomic E-state index is 1.05. The molecule has 2 aliphatic carbocycles. The van der Waals surface area contributed by atoms with E-state index >= 15 is 0 Å². The molecule has 0 bridgehead atoms. The molecule has 82 valence electrons. The lowest BCUT2D eigenvalue weighted by atomic mass is 9.94. The average molecular weight is 219 g/mol. The first-order chi connectivity index (χ1) is 8.33. The van der Waals surface area contributed by atoms with Gasteiger partial charge < -0.3 is 0 Å². The molecule has 1 aromatic rings. The lowest BCUT2D eigenvalue weighted by Crippen LogP contribution is -2.04. The van der Waals surface area contributed by atoms with Crippen molar-refractivity contribution >= 4 is 0 Å².